The van der Waals surface area contributed by atoms with E-state index in [-0.39, 0.29) is 35.1 Å². The number of hydrogen-bond donors (Lipinski definition) is 5. The topological polar surface area (TPSA) is 192 Å². The quantitative estimate of drug-likeness (QED) is 0.0549. The highest BCUT2D eigenvalue weighted by molar-refractivity contribution is 5.97. The molecule has 0 heterocycles. The molecule has 0 radical (unpaired) electrons. The number of unbranched alkanes of at least 4 members (excludes halogenated alkanes) is 2. The Labute approximate surface area is 239 Å². The van der Waals surface area contributed by atoms with Gasteiger partial charge in [0.15, 0.2) is 5.84 Å². The second-order valence-electron chi connectivity index (χ2n) is 9.36. The lowest BCUT2D eigenvalue weighted by atomic mass is 10.1. The van der Waals surface area contributed by atoms with Gasteiger partial charge in [0.05, 0.1) is 18.8 Å². The predicted octanol–water partition coefficient (Wildman–Crippen LogP) is 4.09. The number of phenols is 1. The molecular formula is C29H39N3O9. The number of carbonyl (C=O) groups excluding carboxylic acids is 1. The molecule has 0 saturated carbocycles. The highest BCUT2D eigenvalue weighted by Gasteiger charge is 2.24. The van der Waals surface area contributed by atoms with Gasteiger partial charge in [0, 0.05) is 35.9 Å². The Hall–Kier alpha value is -4.74. The molecule has 0 saturated heterocycles. The van der Waals surface area contributed by atoms with Gasteiger partial charge in [0.1, 0.15) is 17.2 Å². The van der Waals surface area contributed by atoms with E-state index < -0.39 is 11.9 Å². The third-order valence-electron chi connectivity index (χ3n) is 5.50. The van der Waals surface area contributed by atoms with Crippen molar-refractivity contribution in [3.63, 3.8) is 0 Å². The smallest absolute Gasteiger partial charge is 0.328 e. The lowest BCUT2D eigenvalue weighted by Gasteiger charge is -2.31. The second kappa shape index (κ2) is 17.8. The summed E-state index contributed by atoms with van der Waals surface area (Å²) < 4.78 is 11.4. The third kappa shape index (κ3) is 12.8. The van der Waals surface area contributed by atoms with Gasteiger partial charge >= 0.3 is 11.9 Å². The molecule has 0 unspecified atom stereocenters. The molecule has 2 aromatic carbocycles. The maximum atomic E-state index is 12.8. The minimum Gasteiger partial charge on any atom is -0.507 e. The highest BCUT2D eigenvalue weighted by Crippen LogP contribution is 2.26. The maximum absolute atomic E-state index is 12.8. The molecule has 1 amide bonds. The fourth-order valence-corrected chi connectivity index (χ4v) is 3.67. The fourth-order valence-electron chi connectivity index (χ4n) is 3.67. The van der Waals surface area contributed by atoms with Crippen LogP contribution in [0.3, 0.4) is 0 Å². The van der Waals surface area contributed by atoms with Crippen LogP contribution in [-0.2, 0) is 9.59 Å². The summed E-state index contributed by atoms with van der Waals surface area (Å²) in [7, 11) is 0. The van der Waals surface area contributed by atoms with Gasteiger partial charge in [-0.25, -0.2) is 9.59 Å². The largest absolute Gasteiger partial charge is 0.507 e. The van der Waals surface area contributed by atoms with Crippen molar-refractivity contribution in [1.29, 1.82) is 0 Å². The Bertz CT molecular complexity index is 1170. The van der Waals surface area contributed by atoms with Crippen LogP contribution < -0.4 is 15.2 Å². The van der Waals surface area contributed by atoms with Crippen molar-refractivity contribution < 1.29 is 44.4 Å². The van der Waals surface area contributed by atoms with Gasteiger partial charge in [0.25, 0.3) is 5.91 Å². The summed E-state index contributed by atoms with van der Waals surface area (Å²) in [4.78, 5) is 33.6. The van der Waals surface area contributed by atoms with E-state index in [4.69, 9.17) is 30.6 Å². The van der Waals surface area contributed by atoms with Crippen molar-refractivity contribution in [2.45, 2.75) is 59.0 Å². The van der Waals surface area contributed by atoms with Crippen molar-refractivity contribution in [3.05, 3.63) is 65.7 Å². The summed E-state index contributed by atoms with van der Waals surface area (Å²) in [5.74, 6) is -1.46. The zero-order valence-electron chi connectivity index (χ0n) is 23.7. The molecule has 6 N–H and O–H groups in total. The minimum absolute atomic E-state index is 0.0377. The standard InChI is InChI=1S/C25H35N3O5.C4H4O4/c1-17(2)28(18(3)4)25(30)22-13-12-21(16-23(22)29)33-15-7-5-6-14-32-20-10-8-19(9-11-20)24(26)27-31;5-3(6)1-2-4(7)8/h8-13,16-18,29,31H,5-7,14-15H2,1-4H3,(H2,26,27);1-2H,(H,5,6)(H,7,8). The van der Waals surface area contributed by atoms with E-state index in [0.29, 0.717) is 36.7 Å². The molecule has 0 aliphatic heterocycles. The van der Waals surface area contributed by atoms with E-state index in [1.54, 1.807) is 41.3 Å². The first-order chi connectivity index (χ1) is 19.4. The summed E-state index contributed by atoms with van der Waals surface area (Å²) in [5.41, 5.74) is 6.44. The summed E-state index contributed by atoms with van der Waals surface area (Å²) in [5, 5.41) is 37.6. The third-order valence-corrected chi connectivity index (χ3v) is 5.50. The first kappa shape index (κ1) is 34.3. The van der Waals surface area contributed by atoms with Crippen LogP contribution in [0.1, 0.15) is 62.9 Å². The van der Waals surface area contributed by atoms with E-state index in [1.807, 2.05) is 27.7 Å². The van der Waals surface area contributed by atoms with Crippen LogP contribution >= 0.6 is 0 Å². The molecule has 0 fully saturated rings. The number of carboxylic acid groups (broad SMARTS) is 2. The van der Waals surface area contributed by atoms with E-state index in [9.17, 15) is 19.5 Å². The normalized spacial score (nSPS) is 11.2. The number of hydrogen-bond acceptors (Lipinski definition) is 8. The summed E-state index contributed by atoms with van der Waals surface area (Å²) in [6, 6.07) is 11.9. The van der Waals surface area contributed by atoms with E-state index in [2.05, 4.69) is 5.16 Å². The zero-order chi connectivity index (χ0) is 30.9. The van der Waals surface area contributed by atoms with Gasteiger partial charge in [-0.2, -0.15) is 0 Å². The number of nitrogens with zero attached hydrogens (tertiary/aromatic N) is 2. The number of nitrogens with two attached hydrogens (primary N) is 1. The van der Waals surface area contributed by atoms with Gasteiger partial charge in [-0.3, -0.25) is 4.79 Å². The number of ether oxygens (including phenoxy) is 2. The molecule has 0 aliphatic carbocycles. The first-order valence-electron chi connectivity index (χ1n) is 13.0. The van der Waals surface area contributed by atoms with Crippen LogP contribution in [0.5, 0.6) is 17.2 Å². The number of amides is 1. The van der Waals surface area contributed by atoms with E-state index >= 15 is 0 Å². The average Bonchev–Trinajstić information content (AvgIpc) is 2.91. The molecule has 0 spiro atoms. The van der Waals surface area contributed by atoms with Crippen LogP contribution in [0.4, 0.5) is 0 Å². The lowest BCUT2D eigenvalue weighted by Crippen LogP contribution is -2.42. The number of carboxylic acids is 2. The van der Waals surface area contributed by atoms with Crippen LogP contribution in [0.2, 0.25) is 0 Å². The Balaban J connectivity index is 0.000000915. The molecule has 41 heavy (non-hydrogen) atoms. The Morgan fingerprint density at radius 1 is 0.854 bits per heavy atom. The highest BCUT2D eigenvalue weighted by atomic mass is 16.5. The van der Waals surface area contributed by atoms with E-state index in [0.717, 1.165) is 25.0 Å². The van der Waals surface area contributed by atoms with Crippen molar-refractivity contribution in [3.8, 4) is 17.2 Å². The van der Waals surface area contributed by atoms with Crippen molar-refractivity contribution in [2.75, 3.05) is 13.2 Å². The van der Waals surface area contributed by atoms with Crippen molar-refractivity contribution in [1.82, 2.24) is 4.90 Å². The molecule has 12 nitrogen and oxygen atoms in total. The summed E-state index contributed by atoms with van der Waals surface area (Å²) >= 11 is 0. The van der Waals surface area contributed by atoms with Crippen molar-refractivity contribution in [2.24, 2.45) is 10.9 Å². The molecule has 0 atom stereocenters. The van der Waals surface area contributed by atoms with Gasteiger partial charge in [-0.05, 0) is 83.4 Å². The molecule has 2 aromatic rings. The van der Waals surface area contributed by atoms with Crippen LogP contribution in [0.25, 0.3) is 0 Å². The number of benzene rings is 2. The van der Waals surface area contributed by atoms with Gasteiger partial charge in [-0.15, -0.1) is 0 Å². The number of carbonyl (C=O) groups is 3. The first-order valence-corrected chi connectivity index (χ1v) is 13.0. The van der Waals surface area contributed by atoms with Gasteiger partial charge < -0.3 is 40.6 Å². The zero-order valence-corrected chi connectivity index (χ0v) is 23.7. The Morgan fingerprint density at radius 3 is 1.78 bits per heavy atom. The van der Waals surface area contributed by atoms with Crippen LogP contribution in [0.15, 0.2) is 59.8 Å². The van der Waals surface area contributed by atoms with Crippen molar-refractivity contribution >= 4 is 23.7 Å². The van der Waals surface area contributed by atoms with Gasteiger partial charge in [0.2, 0.25) is 0 Å². The molecular weight excluding hydrogens is 534 g/mol. The number of amidine groups is 1. The number of aliphatic carboxylic acids is 2. The summed E-state index contributed by atoms with van der Waals surface area (Å²) in [6.45, 7) is 8.90. The lowest BCUT2D eigenvalue weighted by molar-refractivity contribution is -0.134. The van der Waals surface area contributed by atoms with E-state index in [1.165, 1.54) is 6.07 Å². The molecule has 0 bridgehead atoms. The number of rotatable bonds is 14. The Morgan fingerprint density at radius 2 is 1.34 bits per heavy atom. The number of aromatic hydroxyl groups is 1. The molecule has 12 heteroatoms. The van der Waals surface area contributed by atoms with Crippen LogP contribution in [0, 0.1) is 0 Å². The summed E-state index contributed by atoms with van der Waals surface area (Å²) in [6.07, 6.45) is 3.74. The molecule has 0 aliphatic rings. The molecule has 0 aromatic heterocycles. The van der Waals surface area contributed by atoms with Gasteiger partial charge in [-0.1, -0.05) is 5.16 Å². The number of oxime groups is 1. The number of phenolic OH excluding ortho intramolecular Hbond substituents is 1. The van der Waals surface area contributed by atoms with Crippen LogP contribution in [-0.4, -0.2) is 74.4 Å². The maximum Gasteiger partial charge on any atom is 0.328 e. The molecule has 224 valence electrons. The minimum atomic E-state index is -1.26. The average molecular weight is 574 g/mol. The fraction of sp³-hybridized carbons (Fsp3) is 0.379. The molecule has 2 rings (SSSR count). The predicted molar refractivity (Wildman–Crippen MR) is 153 cm³/mol. The Kier molecular flexibility index (Phi) is 14.9. The SMILES string of the molecule is CC(C)N(C(=O)c1ccc(OCCCCCOc2ccc(C(N)=NO)cc2)cc1O)C(C)C.O=C(O)C=CC(=O)O. The monoisotopic (exact) mass is 573 g/mol. The second-order valence-corrected chi connectivity index (χ2v) is 9.36.